The number of aliphatic hydroxyl groups excluding tert-OH is 1. The molecule has 0 aliphatic carbocycles. The van der Waals surface area contributed by atoms with Gasteiger partial charge < -0.3 is 9.84 Å². The topological polar surface area (TPSA) is 32.7 Å². The predicted octanol–water partition coefficient (Wildman–Crippen LogP) is 2.14. The van der Waals surface area contributed by atoms with Crippen LogP contribution in [-0.2, 0) is 6.54 Å². The second-order valence-electron chi connectivity index (χ2n) is 4.82. The third kappa shape index (κ3) is 4.36. The summed E-state index contributed by atoms with van der Waals surface area (Å²) >= 11 is 0. The van der Waals surface area contributed by atoms with Gasteiger partial charge in [0.1, 0.15) is 5.75 Å². The third-order valence-corrected chi connectivity index (χ3v) is 2.90. The Morgan fingerprint density at radius 2 is 1.94 bits per heavy atom. The molecule has 0 amide bonds. The van der Waals surface area contributed by atoms with E-state index in [-0.39, 0.29) is 12.0 Å². The number of nitrogens with zero attached hydrogens (tertiary/aromatic N) is 1. The van der Waals surface area contributed by atoms with E-state index >= 15 is 0 Å². The molecule has 0 saturated carbocycles. The highest BCUT2D eigenvalue weighted by Crippen LogP contribution is 2.19. The van der Waals surface area contributed by atoms with Crippen LogP contribution in [0.4, 0.5) is 0 Å². The minimum Gasteiger partial charge on any atom is -0.496 e. The Morgan fingerprint density at radius 1 is 1.29 bits per heavy atom. The van der Waals surface area contributed by atoms with Crippen molar-refractivity contribution in [2.24, 2.45) is 5.92 Å². The van der Waals surface area contributed by atoms with Gasteiger partial charge in [-0.25, -0.2) is 0 Å². The highest BCUT2D eigenvalue weighted by molar-refractivity contribution is 5.32. The fourth-order valence-electron chi connectivity index (χ4n) is 1.72. The van der Waals surface area contributed by atoms with Gasteiger partial charge in [-0.15, -0.1) is 0 Å². The molecule has 0 bridgehead atoms. The molecule has 1 atom stereocenters. The van der Waals surface area contributed by atoms with Crippen LogP contribution in [0.25, 0.3) is 0 Å². The van der Waals surface area contributed by atoms with Gasteiger partial charge in [0, 0.05) is 18.7 Å². The Hall–Kier alpha value is -1.06. The molecule has 3 heteroatoms. The molecule has 0 radical (unpaired) electrons. The third-order valence-electron chi connectivity index (χ3n) is 2.90. The maximum Gasteiger partial charge on any atom is 0.123 e. The van der Waals surface area contributed by atoms with Crippen LogP contribution in [-0.4, -0.2) is 36.8 Å². The molecule has 0 heterocycles. The highest BCUT2D eigenvalue weighted by Gasteiger charge is 2.13. The summed E-state index contributed by atoms with van der Waals surface area (Å²) in [5.41, 5.74) is 1.15. The molecule has 0 fully saturated rings. The van der Waals surface area contributed by atoms with Crippen molar-refractivity contribution in [2.75, 3.05) is 20.7 Å². The quantitative estimate of drug-likeness (QED) is 0.823. The first-order valence-corrected chi connectivity index (χ1v) is 6.03. The molecule has 1 N–H and O–H groups in total. The van der Waals surface area contributed by atoms with Gasteiger partial charge in [-0.1, -0.05) is 32.0 Å². The smallest absolute Gasteiger partial charge is 0.123 e. The lowest BCUT2D eigenvalue weighted by Gasteiger charge is -2.23. The summed E-state index contributed by atoms with van der Waals surface area (Å²) in [5.74, 6) is 1.19. The number of hydrogen-bond donors (Lipinski definition) is 1. The van der Waals surface area contributed by atoms with E-state index in [0.29, 0.717) is 6.54 Å². The van der Waals surface area contributed by atoms with E-state index in [0.717, 1.165) is 17.9 Å². The number of para-hydroxylation sites is 1. The number of ether oxygens (including phenoxy) is 1. The zero-order valence-electron chi connectivity index (χ0n) is 11.2. The standard InChI is InChI=1S/C14H23NO2/c1-11(2)13(16)10-15(3)9-12-7-5-6-8-14(12)17-4/h5-8,11,13,16H,9-10H2,1-4H3. The van der Waals surface area contributed by atoms with Crippen LogP contribution >= 0.6 is 0 Å². The van der Waals surface area contributed by atoms with Gasteiger partial charge in [-0.3, -0.25) is 4.90 Å². The lowest BCUT2D eigenvalue weighted by atomic mass is 10.1. The van der Waals surface area contributed by atoms with Gasteiger partial charge in [0.05, 0.1) is 13.2 Å². The molecule has 17 heavy (non-hydrogen) atoms. The maximum atomic E-state index is 9.83. The molecule has 3 nitrogen and oxygen atoms in total. The molecular weight excluding hydrogens is 214 g/mol. The highest BCUT2D eigenvalue weighted by atomic mass is 16.5. The minimum absolute atomic E-state index is 0.283. The van der Waals surface area contributed by atoms with E-state index in [2.05, 4.69) is 11.0 Å². The van der Waals surface area contributed by atoms with E-state index in [1.165, 1.54) is 0 Å². The lowest BCUT2D eigenvalue weighted by Crippen LogP contribution is -2.32. The summed E-state index contributed by atoms with van der Waals surface area (Å²) in [6, 6.07) is 7.98. The monoisotopic (exact) mass is 237 g/mol. The zero-order chi connectivity index (χ0) is 12.8. The second kappa shape index (κ2) is 6.62. The number of aliphatic hydroxyl groups is 1. The minimum atomic E-state index is -0.283. The zero-order valence-corrected chi connectivity index (χ0v) is 11.2. The van der Waals surface area contributed by atoms with Gasteiger partial charge in [0.25, 0.3) is 0 Å². The second-order valence-corrected chi connectivity index (χ2v) is 4.82. The summed E-state index contributed by atoms with van der Waals surface area (Å²) < 4.78 is 5.31. The molecule has 1 aromatic rings. The Balaban J connectivity index is 2.58. The molecule has 0 spiro atoms. The summed E-state index contributed by atoms with van der Waals surface area (Å²) in [6.07, 6.45) is -0.283. The van der Waals surface area contributed by atoms with Crippen molar-refractivity contribution in [1.82, 2.24) is 4.90 Å². The van der Waals surface area contributed by atoms with Gasteiger partial charge in [0.2, 0.25) is 0 Å². The molecule has 0 aliphatic rings. The van der Waals surface area contributed by atoms with Crippen molar-refractivity contribution in [3.63, 3.8) is 0 Å². The van der Waals surface area contributed by atoms with E-state index in [4.69, 9.17) is 4.74 Å². The SMILES string of the molecule is COc1ccccc1CN(C)CC(O)C(C)C. The van der Waals surface area contributed by atoms with E-state index in [1.54, 1.807) is 7.11 Å². The average molecular weight is 237 g/mol. The van der Waals surface area contributed by atoms with Crippen molar-refractivity contribution < 1.29 is 9.84 Å². The summed E-state index contributed by atoms with van der Waals surface area (Å²) in [7, 11) is 3.69. The normalized spacial score (nSPS) is 13.1. The van der Waals surface area contributed by atoms with Gasteiger partial charge in [0.15, 0.2) is 0 Å². The van der Waals surface area contributed by atoms with Crippen LogP contribution in [0.3, 0.4) is 0 Å². The maximum absolute atomic E-state index is 9.83. The predicted molar refractivity (Wildman–Crippen MR) is 70.2 cm³/mol. The van der Waals surface area contributed by atoms with E-state index in [1.807, 2.05) is 39.1 Å². The van der Waals surface area contributed by atoms with Crippen molar-refractivity contribution in [1.29, 1.82) is 0 Å². The van der Waals surface area contributed by atoms with Crippen LogP contribution in [0.5, 0.6) is 5.75 Å². The van der Waals surface area contributed by atoms with Crippen LogP contribution in [0.1, 0.15) is 19.4 Å². The van der Waals surface area contributed by atoms with Crippen LogP contribution in [0.2, 0.25) is 0 Å². The van der Waals surface area contributed by atoms with Crippen LogP contribution < -0.4 is 4.74 Å². The lowest BCUT2D eigenvalue weighted by molar-refractivity contribution is 0.0835. The first-order valence-electron chi connectivity index (χ1n) is 6.03. The molecule has 1 unspecified atom stereocenters. The summed E-state index contributed by atoms with van der Waals surface area (Å²) in [6.45, 7) is 5.52. The molecule has 0 aromatic heterocycles. The van der Waals surface area contributed by atoms with E-state index < -0.39 is 0 Å². The molecule has 1 rings (SSSR count). The summed E-state index contributed by atoms with van der Waals surface area (Å²) in [5, 5.41) is 9.83. The van der Waals surface area contributed by atoms with Crippen molar-refractivity contribution in [3.05, 3.63) is 29.8 Å². The number of likely N-dealkylation sites (N-methyl/N-ethyl adjacent to an activating group) is 1. The van der Waals surface area contributed by atoms with Crippen LogP contribution in [0.15, 0.2) is 24.3 Å². The Labute approximate surface area is 104 Å². The van der Waals surface area contributed by atoms with Crippen molar-refractivity contribution >= 4 is 0 Å². The first kappa shape index (κ1) is 14.0. The molecule has 96 valence electrons. The number of hydrogen-bond acceptors (Lipinski definition) is 3. The molecule has 1 aromatic carbocycles. The van der Waals surface area contributed by atoms with Gasteiger partial charge in [-0.05, 0) is 19.0 Å². The Kier molecular flexibility index (Phi) is 5.45. The van der Waals surface area contributed by atoms with Crippen LogP contribution in [0, 0.1) is 5.92 Å². The Morgan fingerprint density at radius 3 is 2.53 bits per heavy atom. The van der Waals surface area contributed by atoms with Crippen molar-refractivity contribution in [2.45, 2.75) is 26.5 Å². The number of methoxy groups -OCH3 is 1. The fourth-order valence-corrected chi connectivity index (χ4v) is 1.72. The van der Waals surface area contributed by atoms with E-state index in [9.17, 15) is 5.11 Å². The molecular formula is C14H23NO2. The fraction of sp³-hybridized carbons (Fsp3) is 0.571. The first-order chi connectivity index (χ1) is 8.04. The van der Waals surface area contributed by atoms with Gasteiger partial charge in [-0.2, -0.15) is 0 Å². The number of benzene rings is 1. The van der Waals surface area contributed by atoms with Crippen molar-refractivity contribution in [3.8, 4) is 5.75 Å². The molecule has 0 aliphatic heterocycles. The summed E-state index contributed by atoms with van der Waals surface area (Å²) in [4.78, 5) is 2.11. The average Bonchev–Trinajstić information content (AvgIpc) is 2.29. The number of rotatable bonds is 6. The Bertz CT molecular complexity index is 339. The molecule has 0 saturated heterocycles. The largest absolute Gasteiger partial charge is 0.496 e. The van der Waals surface area contributed by atoms with Gasteiger partial charge >= 0.3 is 0 Å².